The number of rotatable bonds is 4. The monoisotopic (exact) mass is 333 g/mol. The van der Waals surface area contributed by atoms with Crippen LogP contribution in [0.1, 0.15) is 25.0 Å². The Morgan fingerprint density at radius 2 is 1.96 bits per heavy atom. The van der Waals surface area contributed by atoms with Crippen molar-refractivity contribution in [3.63, 3.8) is 0 Å². The number of carboxylic acid groups (broad SMARTS) is 1. The zero-order chi connectivity index (χ0) is 18.1. The van der Waals surface area contributed by atoms with Gasteiger partial charge in [0.25, 0.3) is 0 Å². The molecule has 1 aliphatic rings. The number of allylic oxidation sites excluding steroid dienone is 1. The highest BCUT2D eigenvalue weighted by Gasteiger charge is 2.48. The van der Waals surface area contributed by atoms with E-state index in [4.69, 9.17) is 9.84 Å². The predicted octanol–water partition coefficient (Wildman–Crippen LogP) is 1.02. The number of aromatic hydroxyl groups is 2. The summed E-state index contributed by atoms with van der Waals surface area (Å²) >= 11 is 0. The van der Waals surface area contributed by atoms with Crippen molar-refractivity contribution in [1.82, 2.24) is 5.32 Å². The van der Waals surface area contributed by atoms with Crippen LogP contribution in [-0.4, -0.2) is 33.2 Å². The summed E-state index contributed by atoms with van der Waals surface area (Å²) in [5, 5.41) is 30.7. The number of aliphatic carboxylic acids is 1. The average molecular weight is 333 g/mol. The Balaban J connectivity index is 2.56. The Morgan fingerprint density at radius 3 is 2.54 bits per heavy atom. The number of hydrogen-bond donors (Lipinski definition) is 4. The lowest BCUT2D eigenvalue weighted by atomic mass is 9.88. The second kappa shape index (κ2) is 6.07. The van der Waals surface area contributed by atoms with Gasteiger partial charge < -0.3 is 25.4 Å². The standard InChI is InChI=1S/C16H15NO7/c1-3-4-8-13-10(7-9(18)14(8)22)24-15(23)16(13,2)17-11(19)5-6-12(20)21/h3-7,18,22H,1-2H3,(H,17,19)(H,20,21). The third-order valence-corrected chi connectivity index (χ3v) is 3.48. The highest BCUT2D eigenvalue weighted by atomic mass is 16.5. The molecule has 0 aliphatic carbocycles. The van der Waals surface area contributed by atoms with Gasteiger partial charge in [-0.25, -0.2) is 9.59 Å². The number of carboxylic acids is 1. The molecule has 0 radical (unpaired) electrons. The van der Waals surface area contributed by atoms with Crippen LogP contribution in [0, 0.1) is 0 Å². The van der Waals surface area contributed by atoms with Gasteiger partial charge in [0.05, 0.1) is 0 Å². The first kappa shape index (κ1) is 17.1. The smallest absolute Gasteiger partial charge is 0.341 e. The molecule has 8 heteroatoms. The van der Waals surface area contributed by atoms with Gasteiger partial charge in [-0.3, -0.25) is 4.79 Å². The number of amides is 1. The molecule has 4 N–H and O–H groups in total. The number of carbonyl (C=O) groups is 3. The van der Waals surface area contributed by atoms with Crippen LogP contribution in [0.15, 0.2) is 24.3 Å². The van der Waals surface area contributed by atoms with Gasteiger partial charge in [0.2, 0.25) is 5.91 Å². The lowest BCUT2D eigenvalue weighted by Gasteiger charge is -2.23. The highest BCUT2D eigenvalue weighted by Crippen LogP contribution is 2.47. The molecule has 0 fully saturated rings. The Kier molecular flexibility index (Phi) is 4.32. The number of esters is 1. The summed E-state index contributed by atoms with van der Waals surface area (Å²) in [6.07, 6.45) is 4.41. The molecule has 0 saturated heterocycles. The quantitative estimate of drug-likeness (QED) is 0.280. The minimum atomic E-state index is -1.66. The maximum atomic E-state index is 12.2. The fraction of sp³-hybridized carbons (Fsp3) is 0.188. The number of phenols is 2. The summed E-state index contributed by atoms with van der Waals surface area (Å²) in [5.41, 5.74) is -1.38. The number of phenolic OH excluding ortho intramolecular Hbond substituents is 2. The van der Waals surface area contributed by atoms with Crippen molar-refractivity contribution in [2.75, 3.05) is 0 Å². The molecule has 1 atom stereocenters. The van der Waals surface area contributed by atoms with Crippen molar-refractivity contribution >= 4 is 23.9 Å². The third kappa shape index (κ3) is 2.81. The lowest BCUT2D eigenvalue weighted by Crippen LogP contribution is -2.47. The van der Waals surface area contributed by atoms with E-state index in [-0.39, 0.29) is 16.9 Å². The van der Waals surface area contributed by atoms with E-state index in [1.165, 1.54) is 13.0 Å². The van der Waals surface area contributed by atoms with E-state index in [0.29, 0.717) is 6.08 Å². The lowest BCUT2D eigenvalue weighted by molar-refractivity contribution is -0.141. The number of fused-ring (bicyclic) bond motifs is 1. The fourth-order valence-electron chi connectivity index (χ4n) is 2.43. The van der Waals surface area contributed by atoms with Gasteiger partial charge in [-0.1, -0.05) is 12.2 Å². The van der Waals surface area contributed by atoms with Crippen molar-refractivity contribution in [3.8, 4) is 17.2 Å². The minimum Gasteiger partial charge on any atom is -0.504 e. The molecule has 24 heavy (non-hydrogen) atoms. The molecule has 1 amide bonds. The van der Waals surface area contributed by atoms with E-state index >= 15 is 0 Å². The number of hydrogen-bond acceptors (Lipinski definition) is 6. The molecule has 0 spiro atoms. The van der Waals surface area contributed by atoms with Gasteiger partial charge in [0, 0.05) is 29.3 Å². The van der Waals surface area contributed by atoms with Crippen LogP contribution in [0.25, 0.3) is 6.08 Å². The van der Waals surface area contributed by atoms with Crippen molar-refractivity contribution in [1.29, 1.82) is 0 Å². The van der Waals surface area contributed by atoms with E-state index < -0.39 is 34.9 Å². The summed E-state index contributed by atoms with van der Waals surface area (Å²) in [4.78, 5) is 34.6. The van der Waals surface area contributed by atoms with Crippen molar-refractivity contribution in [2.45, 2.75) is 19.4 Å². The Morgan fingerprint density at radius 1 is 1.29 bits per heavy atom. The molecule has 2 rings (SSSR count). The fourth-order valence-corrected chi connectivity index (χ4v) is 2.43. The van der Waals surface area contributed by atoms with Crippen LogP contribution < -0.4 is 10.1 Å². The Hall–Kier alpha value is -3.29. The van der Waals surface area contributed by atoms with E-state index in [1.807, 2.05) is 0 Å². The summed E-state index contributed by atoms with van der Waals surface area (Å²) < 4.78 is 5.07. The van der Waals surface area contributed by atoms with E-state index in [1.54, 1.807) is 13.0 Å². The van der Waals surface area contributed by atoms with Crippen molar-refractivity contribution in [2.24, 2.45) is 0 Å². The predicted molar refractivity (Wildman–Crippen MR) is 82.4 cm³/mol. The van der Waals surface area contributed by atoms with Crippen LogP contribution in [0.5, 0.6) is 17.2 Å². The molecule has 0 aromatic heterocycles. The maximum Gasteiger partial charge on any atom is 0.341 e. The second-order valence-electron chi connectivity index (χ2n) is 5.21. The molecule has 0 saturated carbocycles. The molecule has 1 aliphatic heterocycles. The first-order valence-corrected chi connectivity index (χ1v) is 6.88. The molecular weight excluding hydrogens is 318 g/mol. The number of nitrogens with one attached hydrogen (secondary N) is 1. The van der Waals surface area contributed by atoms with Gasteiger partial charge in [-0.2, -0.15) is 0 Å². The number of carbonyl (C=O) groups excluding carboxylic acids is 2. The molecular formula is C16H15NO7. The van der Waals surface area contributed by atoms with Crippen LogP contribution in [0.2, 0.25) is 0 Å². The first-order valence-electron chi connectivity index (χ1n) is 6.88. The van der Waals surface area contributed by atoms with Crippen LogP contribution in [0.4, 0.5) is 0 Å². The van der Waals surface area contributed by atoms with E-state index in [9.17, 15) is 24.6 Å². The molecule has 8 nitrogen and oxygen atoms in total. The largest absolute Gasteiger partial charge is 0.504 e. The van der Waals surface area contributed by atoms with E-state index in [0.717, 1.165) is 12.1 Å². The van der Waals surface area contributed by atoms with Gasteiger partial charge >= 0.3 is 11.9 Å². The molecule has 1 aromatic carbocycles. The van der Waals surface area contributed by atoms with Crippen LogP contribution in [0.3, 0.4) is 0 Å². The van der Waals surface area contributed by atoms with Crippen molar-refractivity contribution in [3.05, 3.63) is 35.4 Å². The van der Waals surface area contributed by atoms with Gasteiger partial charge in [-0.05, 0) is 13.8 Å². The highest BCUT2D eigenvalue weighted by molar-refractivity contribution is 6.00. The number of benzene rings is 1. The summed E-state index contributed by atoms with van der Waals surface area (Å²) in [6, 6.07) is 1.07. The summed E-state index contributed by atoms with van der Waals surface area (Å²) in [5.74, 6) is -3.92. The topological polar surface area (TPSA) is 133 Å². The van der Waals surface area contributed by atoms with Gasteiger partial charge in [-0.15, -0.1) is 0 Å². The normalized spacial score (nSPS) is 19.5. The van der Waals surface area contributed by atoms with Crippen molar-refractivity contribution < 1.29 is 34.4 Å². The average Bonchev–Trinajstić information content (AvgIpc) is 2.72. The Labute approximate surface area is 136 Å². The van der Waals surface area contributed by atoms with Gasteiger partial charge in [0.15, 0.2) is 17.0 Å². The van der Waals surface area contributed by atoms with Gasteiger partial charge in [0.1, 0.15) is 5.75 Å². The molecule has 1 aromatic rings. The zero-order valence-electron chi connectivity index (χ0n) is 12.9. The molecule has 1 unspecified atom stereocenters. The number of ether oxygens (including phenoxy) is 1. The Bertz CT molecular complexity index is 794. The second-order valence-corrected chi connectivity index (χ2v) is 5.21. The summed E-state index contributed by atoms with van der Waals surface area (Å²) in [6.45, 7) is 3.02. The molecule has 0 bridgehead atoms. The SMILES string of the molecule is CC=Cc1c(O)c(O)cc2c1C(C)(NC(=O)C=CC(=O)O)C(=O)O2. The van der Waals surface area contributed by atoms with Crippen LogP contribution in [-0.2, 0) is 19.9 Å². The first-order chi connectivity index (χ1) is 11.2. The van der Waals surface area contributed by atoms with Crippen LogP contribution >= 0.6 is 0 Å². The summed E-state index contributed by atoms with van der Waals surface area (Å²) in [7, 11) is 0. The zero-order valence-corrected chi connectivity index (χ0v) is 12.9. The minimum absolute atomic E-state index is 0.00610. The van der Waals surface area contributed by atoms with E-state index in [2.05, 4.69) is 5.32 Å². The maximum absolute atomic E-state index is 12.2. The molecule has 126 valence electrons. The molecule has 1 heterocycles. The third-order valence-electron chi connectivity index (χ3n) is 3.48.